The molecule has 1 aromatic heterocycles. The maximum atomic E-state index is 11.5. The highest BCUT2D eigenvalue weighted by Gasteiger charge is 2.11. The van der Waals surface area contributed by atoms with Crippen LogP contribution < -0.4 is 5.32 Å². The van der Waals surface area contributed by atoms with E-state index in [2.05, 4.69) is 15.6 Å². The van der Waals surface area contributed by atoms with E-state index in [1.54, 1.807) is 17.1 Å². The van der Waals surface area contributed by atoms with Crippen LogP contribution >= 0.6 is 0 Å². The second-order valence-electron chi connectivity index (χ2n) is 3.48. The van der Waals surface area contributed by atoms with Gasteiger partial charge in [0.1, 0.15) is 0 Å². The van der Waals surface area contributed by atoms with Crippen molar-refractivity contribution >= 4 is 11.9 Å². The van der Waals surface area contributed by atoms with Gasteiger partial charge in [0.15, 0.2) is 0 Å². The standard InChI is InChI=1S/C10H14N4O3/c1-7(8(2)10(16)17)9(15)11-3-5-14-6-4-12-13-14/h4,6H,3,5H2,1-2H3,(H,11,15)(H,16,17)/b8-7+. The predicted molar refractivity (Wildman–Crippen MR) is 59.0 cm³/mol. The highest BCUT2D eigenvalue weighted by Crippen LogP contribution is 2.02. The summed E-state index contributed by atoms with van der Waals surface area (Å²) >= 11 is 0. The molecule has 1 amide bonds. The molecule has 1 rings (SSSR count). The van der Waals surface area contributed by atoms with E-state index in [0.29, 0.717) is 13.1 Å². The first kappa shape index (κ1) is 12.9. The quantitative estimate of drug-likeness (QED) is 0.693. The van der Waals surface area contributed by atoms with Crippen molar-refractivity contribution in [3.63, 3.8) is 0 Å². The largest absolute Gasteiger partial charge is 0.478 e. The van der Waals surface area contributed by atoms with Crippen LogP contribution in [0.3, 0.4) is 0 Å². The number of amides is 1. The van der Waals surface area contributed by atoms with E-state index in [1.807, 2.05) is 0 Å². The van der Waals surface area contributed by atoms with Gasteiger partial charge in [-0.25, -0.2) is 4.79 Å². The summed E-state index contributed by atoms with van der Waals surface area (Å²) in [5.41, 5.74) is 0.249. The van der Waals surface area contributed by atoms with Crippen molar-refractivity contribution in [2.45, 2.75) is 20.4 Å². The van der Waals surface area contributed by atoms with Crippen molar-refractivity contribution in [3.8, 4) is 0 Å². The summed E-state index contributed by atoms with van der Waals surface area (Å²) in [6, 6.07) is 0. The highest BCUT2D eigenvalue weighted by atomic mass is 16.4. The van der Waals surface area contributed by atoms with Gasteiger partial charge >= 0.3 is 5.97 Å². The molecule has 0 saturated carbocycles. The molecule has 1 aromatic rings. The number of carboxylic acid groups (broad SMARTS) is 1. The van der Waals surface area contributed by atoms with Crippen molar-refractivity contribution in [2.75, 3.05) is 6.54 Å². The van der Waals surface area contributed by atoms with E-state index in [9.17, 15) is 9.59 Å². The van der Waals surface area contributed by atoms with Crippen molar-refractivity contribution in [1.29, 1.82) is 0 Å². The molecule has 0 aliphatic heterocycles. The second-order valence-corrected chi connectivity index (χ2v) is 3.48. The van der Waals surface area contributed by atoms with Gasteiger partial charge in [0.05, 0.1) is 12.7 Å². The molecular weight excluding hydrogens is 224 g/mol. The van der Waals surface area contributed by atoms with E-state index in [-0.39, 0.29) is 17.1 Å². The normalized spacial score (nSPS) is 11.9. The summed E-state index contributed by atoms with van der Waals surface area (Å²) in [5.74, 6) is -1.47. The Morgan fingerprint density at radius 2 is 2.06 bits per heavy atom. The second kappa shape index (κ2) is 5.78. The number of carbonyl (C=O) groups is 2. The summed E-state index contributed by atoms with van der Waals surface area (Å²) in [7, 11) is 0. The van der Waals surface area contributed by atoms with Gasteiger partial charge in [-0.05, 0) is 13.8 Å². The number of hydrogen-bond donors (Lipinski definition) is 2. The minimum atomic E-state index is -1.09. The number of aliphatic carboxylic acids is 1. The molecule has 0 unspecified atom stereocenters. The predicted octanol–water partition coefficient (Wildman–Crippen LogP) is -0.185. The fourth-order valence-corrected chi connectivity index (χ4v) is 1.10. The van der Waals surface area contributed by atoms with Crippen molar-refractivity contribution in [3.05, 3.63) is 23.5 Å². The molecule has 0 saturated heterocycles. The van der Waals surface area contributed by atoms with Crippen molar-refractivity contribution in [2.24, 2.45) is 0 Å². The highest BCUT2D eigenvalue weighted by molar-refractivity contribution is 6.01. The van der Waals surface area contributed by atoms with Crippen LogP contribution in [0.2, 0.25) is 0 Å². The third kappa shape index (κ3) is 3.71. The third-order valence-electron chi connectivity index (χ3n) is 2.32. The molecular formula is C10H14N4O3. The molecule has 0 aliphatic rings. The number of nitrogens with zero attached hydrogens (tertiary/aromatic N) is 3. The zero-order valence-electron chi connectivity index (χ0n) is 9.67. The molecule has 0 spiro atoms. The SMILES string of the molecule is C/C(C(=O)O)=C(/C)C(=O)NCCn1ccnn1. The first-order valence-electron chi connectivity index (χ1n) is 5.05. The maximum Gasteiger partial charge on any atom is 0.331 e. The van der Waals surface area contributed by atoms with Gasteiger partial charge < -0.3 is 10.4 Å². The van der Waals surface area contributed by atoms with Gasteiger partial charge in [-0.1, -0.05) is 5.21 Å². The Bertz CT molecular complexity index is 436. The van der Waals surface area contributed by atoms with E-state index >= 15 is 0 Å². The van der Waals surface area contributed by atoms with Crippen LogP contribution in [0.5, 0.6) is 0 Å². The van der Waals surface area contributed by atoms with Crippen LogP contribution in [0.15, 0.2) is 23.5 Å². The number of rotatable bonds is 5. The zero-order valence-corrected chi connectivity index (χ0v) is 9.67. The van der Waals surface area contributed by atoms with E-state index < -0.39 is 5.97 Å². The molecule has 0 aromatic carbocycles. The number of aromatic nitrogens is 3. The Morgan fingerprint density at radius 3 is 2.59 bits per heavy atom. The molecule has 7 heteroatoms. The lowest BCUT2D eigenvalue weighted by molar-refractivity contribution is -0.133. The molecule has 0 fully saturated rings. The molecule has 1 heterocycles. The third-order valence-corrected chi connectivity index (χ3v) is 2.32. The summed E-state index contributed by atoms with van der Waals surface area (Å²) in [4.78, 5) is 22.2. The average Bonchev–Trinajstić information content (AvgIpc) is 2.79. The van der Waals surface area contributed by atoms with Crippen molar-refractivity contribution in [1.82, 2.24) is 20.3 Å². The molecule has 0 aliphatic carbocycles. The van der Waals surface area contributed by atoms with Gasteiger partial charge in [0, 0.05) is 23.9 Å². The summed E-state index contributed by atoms with van der Waals surface area (Å²) in [5, 5.41) is 18.7. The van der Waals surface area contributed by atoms with Crippen LogP contribution in [0.25, 0.3) is 0 Å². The lowest BCUT2D eigenvalue weighted by Gasteiger charge is -2.06. The number of hydrogen-bond acceptors (Lipinski definition) is 4. The van der Waals surface area contributed by atoms with Crippen LogP contribution in [-0.2, 0) is 16.1 Å². The van der Waals surface area contributed by atoms with E-state index in [4.69, 9.17) is 5.11 Å². The van der Waals surface area contributed by atoms with Crippen molar-refractivity contribution < 1.29 is 14.7 Å². The molecule has 0 bridgehead atoms. The van der Waals surface area contributed by atoms with Gasteiger partial charge in [-0.15, -0.1) is 5.10 Å². The number of nitrogens with one attached hydrogen (secondary N) is 1. The monoisotopic (exact) mass is 238 g/mol. The summed E-state index contributed by atoms with van der Waals surface area (Å²) in [6.07, 6.45) is 3.22. The first-order chi connectivity index (χ1) is 8.02. The lowest BCUT2D eigenvalue weighted by Crippen LogP contribution is -2.29. The van der Waals surface area contributed by atoms with E-state index in [1.165, 1.54) is 13.8 Å². The molecule has 0 atom stereocenters. The first-order valence-corrected chi connectivity index (χ1v) is 5.05. The lowest BCUT2D eigenvalue weighted by atomic mass is 10.1. The fraction of sp³-hybridized carbons (Fsp3) is 0.400. The van der Waals surface area contributed by atoms with Crippen LogP contribution in [0.1, 0.15) is 13.8 Å². The van der Waals surface area contributed by atoms with Crippen LogP contribution in [0, 0.1) is 0 Å². The average molecular weight is 238 g/mol. The Morgan fingerprint density at radius 1 is 1.35 bits per heavy atom. The Labute approximate surface area is 98.1 Å². The molecule has 2 N–H and O–H groups in total. The smallest absolute Gasteiger partial charge is 0.331 e. The Hall–Kier alpha value is -2.18. The van der Waals surface area contributed by atoms with E-state index in [0.717, 1.165) is 0 Å². The molecule has 92 valence electrons. The minimum Gasteiger partial charge on any atom is -0.478 e. The Balaban J connectivity index is 2.45. The topological polar surface area (TPSA) is 97.1 Å². The molecule has 17 heavy (non-hydrogen) atoms. The Kier molecular flexibility index (Phi) is 4.38. The van der Waals surface area contributed by atoms with Gasteiger partial charge in [-0.3, -0.25) is 9.48 Å². The molecule has 0 radical (unpaired) electrons. The summed E-state index contributed by atoms with van der Waals surface area (Å²) in [6.45, 7) is 3.74. The zero-order chi connectivity index (χ0) is 12.8. The maximum absolute atomic E-state index is 11.5. The summed E-state index contributed by atoms with van der Waals surface area (Å²) < 4.78 is 1.57. The fourth-order valence-electron chi connectivity index (χ4n) is 1.10. The van der Waals surface area contributed by atoms with Crippen LogP contribution in [0.4, 0.5) is 0 Å². The minimum absolute atomic E-state index is 0.0447. The van der Waals surface area contributed by atoms with Gasteiger partial charge in [0.25, 0.3) is 0 Å². The number of carboxylic acids is 1. The van der Waals surface area contributed by atoms with Gasteiger partial charge in [-0.2, -0.15) is 0 Å². The van der Waals surface area contributed by atoms with Gasteiger partial charge in [0.2, 0.25) is 5.91 Å². The molecule has 7 nitrogen and oxygen atoms in total. The van der Waals surface area contributed by atoms with Crippen LogP contribution in [-0.4, -0.2) is 38.5 Å². The number of carbonyl (C=O) groups excluding carboxylic acids is 1.